The molecule has 2 N–H and O–H groups in total. The molecule has 0 saturated carbocycles. The van der Waals surface area contributed by atoms with Gasteiger partial charge in [-0.25, -0.2) is 0 Å². The summed E-state index contributed by atoms with van der Waals surface area (Å²) in [7, 11) is 6.48. The molecule has 7 nitrogen and oxygen atoms in total. The number of hydrogen-bond acceptors (Lipinski definition) is 5. The Hall–Kier alpha value is -2.80. The van der Waals surface area contributed by atoms with Crippen molar-refractivity contribution in [3.05, 3.63) is 47.0 Å². The number of hydrogen-bond donors (Lipinski definition) is 2. The van der Waals surface area contributed by atoms with Gasteiger partial charge < -0.3 is 29.6 Å². The molecule has 158 valence electrons. The van der Waals surface area contributed by atoms with E-state index in [1.54, 1.807) is 34.4 Å². The largest absolute Gasteiger partial charge is 0.493 e. The Morgan fingerprint density at radius 3 is 2.21 bits per heavy atom. The van der Waals surface area contributed by atoms with Crippen LogP contribution in [0.25, 0.3) is 0 Å². The number of benzene rings is 2. The second-order valence-corrected chi connectivity index (χ2v) is 6.61. The maximum absolute atomic E-state index is 6.14. The average Bonchev–Trinajstić information content (AvgIpc) is 2.74. The molecule has 0 amide bonds. The fourth-order valence-corrected chi connectivity index (χ4v) is 2.86. The van der Waals surface area contributed by atoms with E-state index in [0.29, 0.717) is 47.1 Å². The summed E-state index contributed by atoms with van der Waals surface area (Å²) in [6.07, 6.45) is -0.102. The predicted molar refractivity (Wildman–Crippen MR) is 116 cm³/mol. The highest BCUT2D eigenvalue weighted by Crippen LogP contribution is 2.38. The van der Waals surface area contributed by atoms with Gasteiger partial charge in [-0.2, -0.15) is 0 Å². The molecule has 0 aromatic heterocycles. The van der Waals surface area contributed by atoms with Gasteiger partial charge in [-0.05, 0) is 36.8 Å². The van der Waals surface area contributed by atoms with E-state index in [9.17, 15) is 0 Å². The molecule has 0 saturated heterocycles. The predicted octanol–water partition coefficient (Wildman–Crippen LogP) is 3.50. The molecule has 0 radical (unpaired) electrons. The van der Waals surface area contributed by atoms with Crippen molar-refractivity contribution < 1.29 is 18.9 Å². The SMILES string of the molecule is CN=C(NCc1cc(OC)c(OC)c(OC)c1)NCC(C)Oc1ccccc1Cl. The van der Waals surface area contributed by atoms with Gasteiger partial charge in [0, 0.05) is 13.6 Å². The summed E-state index contributed by atoms with van der Waals surface area (Å²) >= 11 is 6.14. The van der Waals surface area contributed by atoms with Crippen LogP contribution in [-0.4, -0.2) is 47.0 Å². The summed E-state index contributed by atoms with van der Waals surface area (Å²) in [5.41, 5.74) is 0.961. The number of guanidine groups is 1. The third-order valence-corrected chi connectivity index (χ3v) is 4.44. The normalized spacial score (nSPS) is 12.1. The summed E-state index contributed by atoms with van der Waals surface area (Å²) in [4.78, 5) is 4.24. The molecule has 0 fully saturated rings. The summed E-state index contributed by atoms with van der Waals surface area (Å²) in [5.74, 6) is 3.07. The lowest BCUT2D eigenvalue weighted by Crippen LogP contribution is -2.41. The van der Waals surface area contributed by atoms with E-state index >= 15 is 0 Å². The van der Waals surface area contributed by atoms with E-state index in [1.165, 1.54) is 0 Å². The summed E-state index contributed by atoms with van der Waals surface area (Å²) in [6.45, 7) is 3.04. The van der Waals surface area contributed by atoms with Crippen LogP contribution in [0.2, 0.25) is 5.02 Å². The van der Waals surface area contributed by atoms with Crippen LogP contribution in [0.1, 0.15) is 12.5 Å². The molecule has 0 aliphatic carbocycles. The monoisotopic (exact) mass is 421 g/mol. The van der Waals surface area contributed by atoms with E-state index in [-0.39, 0.29) is 6.10 Å². The Bertz CT molecular complexity index is 804. The second-order valence-electron chi connectivity index (χ2n) is 6.20. The first-order chi connectivity index (χ1) is 14.0. The van der Waals surface area contributed by atoms with Crippen LogP contribution in [0.3, 0.4) is 0 Å². The number of rotatable bonds is 9. The molecule has 2 rings (SSSR count). The van der Waals surface area contributed by atoms with E-state index < -0.39 is 0 Å². The van der Waals surface area contributed by atoms with Crippen molar-refractivity contribution in [3.63, 3.8) is 0 Å². The van der Waals surface area contributed by atoms with Gasteiger partial charge in [0.15, 0.2) is 17.5 Å². The highest BCUT2D eigenvalue weighted by atomic mass is 35.5. The van der Waals surface area contributed by atoms with Gasteiger partial charge >= 0.3 is 0 Å². The molecule has 0 heterocycles. The van der Waals surface area contributed by atoms with Crippen LogP contribution < -0.4 is 29.6 Å². The molecular formula is C21H28ClN3O4. The van der Waals surface area contributed by atoms with Crippen molar-refractivity contribution in [2.75, 3.05) is 34.9 Å². The molecule has 0 aliphatic heterocycles. The molecule has 0 aliphatic rings. The van der Waals surface area contributed by atoms with E-state index in [2.05, 4.69) is 15.6 Å². The molecule has 2 aromatic rings. The third kappa shape index (κ3) is 6.35. The summed E-state index contributed by atoms with van der Waals surface area (Å²) in [5, 5.41) is 7.09. The van der Waals surface area contributed by atoms with Gasteiger partial charge in [-0.3, -0.25) is 4.99 Å². The number of nitrogens with zero attached hydrogens (tertiary/aromatic N) is 1. The fraction of sp³-hybridized carbons (Fsp3) is 0.381. The van der Waals surface area contributed by atoms with Crippen molar-refractivity contribution in [2.24, 2.45) is 4.99 Å². The lowest BCUT2D eigenvalue weighted by Gasteiger charge is -2.19. The van der Waals surface area contributed by atoms with Crippen LogP contribution in [0.5, 0.6) is 23.0 Å². The van der Waals surface area contributed by atoms with Crippen LogP contribution in [0.4, 0.5) is 0 Å². The van der Waals surface area contributed by atoms with Gasteiger partial charge in [-0.15, -0.1) is 0 Å². The van der Waals surface area contributed by atoms with Gasteiger partial charge in [0.25, 0.3) is 0 Å². The van der Waals surface area contributed by atoms with Gasteiger partial charge in [-0.1, -0.05) is 23.7 Å². The highest BCUT2D eigenvalue weighted by molar-refractivity contribution is 6.32. The second kappa shape index (κ2) is 11.3. The first-order valence-electron chi connectivity index (χ1n) is 9.17. The van der Waals surface area contributed by atoms with Crippen molar-refractivity contribution in [3.8, 4) is 23.0 Å². The number of para-hydroxylation sites is 1. The molecule has 0 bridgehead atoms. The quantitative estimate of drug-likeness (QED) is 0.477. The average molecular weight is 422 g/mol. The molecule has 1 unspecified atom stereocenters. The number of methoxy groups -OCH3 is 3. The maximum Gasteiger partial charge on any atom is 0.203 e. The molecule has 2 aromatic carbocycles. The Morgan fingerprint density at radius 1 is 1.00 bits per heavy atom. The molecule has 8 heteroatoms. The van der Waals surface area contributed by atoms with Crippen LogP contribution in [-0.2, 0) is 6.54 Å². The topological polar surface area (TPSA) is 73.3 Å². The van der Waals surface area contributed by atoms with E-state index in [4.69, 9.17) is 30.5 Å². The maximum atomic E-state index is 6.14. The third-order valence-electron chi connectivity index (χ3n) is 4.13. The van der Waals surface area contributed by atoms with Crippen LogP contribution in [0.15, 0.2) is 41.4 Å². The minimum atomic E-state index is -0.102. The Balaban J connectivity index is 1.93. The smallest absolute Gasteiger partial charge is 0.203 e. The zero-order valence-electron chi connectivity index (χ0n) is 17.4. The lowest BCUT2D eigenvalue weighted by atomic mass is 10.2. The first kappa shape index (κ1) is 22.5. The molecule has 29 heavy (non-hydrogen) atoms. The van der Waals surface area contributed by atoms with Crippen molar-refractivity contribution in [1.29, 1.82) is 0 Å². The number of nitrogens with one attached hydrogen (secondary N) is 2. The molecular weight excluding hydrogens is 394 g/mol. The van der Waals surface area contributed by atoms with Crippen molar-refractivity contribution in [1.82, 2.24) is 10.6 Å². The van der Waals surface area contributed by atoms with Gasteiger partial charge in [0.05, 0.1) is 32.9 Å². The van der Waals surface area contributed by atoms with E-state index in [1.807, 2.05) is 37.3 Å². The first-order valence-corrected chi connectivity index (χ1v) is 9.54. The number of aliphatic imine (C=N–C) groups is 1. The number of ether oxygens (including phenoxy) is 4. The fourth-order valence-electron chi connectivity index (χ4n) is 2.68. The Labute approximate surface area is 177 Å². The summed E-state index contributed by atoms with van der Waals surface area (Å²) < 4.78 is 22.0. The Kier molecular flexibility index (Phi) is 8.73. The Morgan fingerprint density at radius 2 is 1.66 bits per heavy atom. The zero-order valence-corrected chi connectivity index (χ0v) is 18.2. The van der Waals surface area contributed by atoms with Crippen molar-refractivity contribution >= 4 is 17.6 Å². The molecule has 1 atom stereocenters. The van der Waals surface area contributed by atoms with Gasteiger partial charge in [0.2, 0.25) is 5.75 Å². The van der Waals surface area contributed by atoms with Gasteiger partial charge in [0.1, 0.15) is 11.9 Å². The number of halogens is 1. The highest BCUT2D eigenvalue weighted by Gasteiger charge is 2.13. The minimum absolute atomic E-state index is 0.102. The van der Waals surface area contributed by atoms with Crippen LogP contribution >= 0.6 is 11.6 Å². The summed E-state index contributed by atoms with van der Waals surface area (Å²) in [6, 6.07) is 11.2. The minimum Gasteiger partial charge on any atom is -0.493 e. The van der Waals surface area contributed by atoms with Crippen LogP contribution in [0, 0.1) is 0 Å². The lowest BCUT2D eigenvalue weighted by molar-refractivity contribution is 0.224. The van der Waals surface area contributed by atoms with Crippen molar-refractivity contribution in [2.45, 2.75) is 19.6 Å². The zero-order chi connectivity index (χ0) is 21.2. The standard InChI is InChI=1S/C21H28ClN3O4/c1-14(29-17-9-7-6-8-16(17)22)12-24-21(23-2)25-13-15-10-18(26-3)20(28-5)19(11-15)27-4/h6-11,14H,12-13H2,1-5H3,(H2,23,24,25). The molecule has 0 spiro atoms. The van der Waals surface area contributed by atoms with E-state index in [0.717, 1.165) is 5.56 Å².